The van der Waals surface area contributed by atoms with Crippen molar-refractivity contribution in [3.8, 4) is 11.5 Å². The van der Waals surface area contributed by atoms with Crippen LogP contribution in [-0.2, 0) is 0 Å². The molecule has 9 aromatic rings. The molecule has 0 aliphatic rings. The maximum absolute atomic E-state index is 6.33. The molecule has 0 atom stereocenters. The second kappa shape index (κ2) is 9.06. The Morgan fingerprint density at radius 2 is 1.29 bits per heavy atom. The van der Waals surface area contributed by atoms with Gasteiger partial charge in [0.15, 0.2) is 5.58 Å². The highest BCUT2D eigenvalue weighted by Crippen LogP contribution is 2.45. The van der Waals surface area contributed by atoms with Crippen molar-refractivity contribution in [2.24, 2.45) is 0 Å². The van der Waals surface area contributed by atoms with E-state index in [2.05, 4.69) is 102 Å². The van der Waals surface area contributed by atoms with E-state index in [9.17, 15) is 0 Å². The molecule has 0 fully saturated rings. The van der Waals surface area contributed by atoms with Gasteiger partial charge in [0.2, 0.25) is 5.89 Å². The van der Waals surface area contributed by atoms with Gasteiger partial charge in [0, 0.05) is 49.2 Å². The van der Waals surface area contributed by atoms with E-state index in [1.807, 2.05) is 47.7 Å². The van der Waals surface area contributed by atoms with Gasteiger partial charge < -0.3 is 13.7 Å². The molecule has 0 unspecified atom stereocenters. The summed E-state index contributed by atoms with van der Waals surface area (Å²) in [6.07, 6.45) is 0. The van der Waals surface area contributed by atoms with Crippen molar-refractivity contribution in [1.29, 1.82) is 0 Å². The summed E-state index contributed by atoms with van der Waals surface area (Å²) in [6.45, 7) is 0. The van der Waals surface area contributed by atoms with E-state index in [-0.39, 0.29) is 0 Å². The van der Waals surface area contributed by atoms with Gasteiger partial charge in [-0.05, 0) is 60.7 Å². The molecule has 5 heteroatoms. The Hall–Kier alpha value is -5.39. The van der Waals surface area contributed by atoms with Gasteiger partial charge in [-0.25, -0.2) is 4.98 Å². The molecule has 198 valence electrons. The number of thiophene rings is 1. The minimum absolute atomic E-state index is 0.606. The predicted molar refractivity (Wildman–Crippen MR) is 174 cm³/mol. The lowest BCUT2D eigenvalue weighted by Gasteiger charge is -2.26. The van der Waals surface area contributed by atoms with Crippen molar-refractivity contribution in [2.45, 2.75) is 0 Å². The van der Waals surface area contributed by atoms with Crippen LogP contribution in [0.5, 0.6) is 0 Å². The van der Waals surface area contributed by atoms with Crippen LogP contribution in [0.1, 0.15) is 0 Å². The second-order valence-corrected chi connectivity index (χ2v) is 11.5. The van der Waals surface area contributed by atoms with Crippen LogP contribution in [0.2, 0.25) is 0 Å². The Bertz CT molecular complexity index is 2420. The molecule has 3 aromatic heterocycles. The first-order chi connectivity index (χ1) is 20.8. The normalized spacial score (nSPS) is 11.8. The molecule has 0 aliphatic carbocycles. The maximum atomic E-state index is 6.33. The van der Waals surface area contributed by atoms with E-state index in [1.165, 1.54) is 20.2 Å². The van der Waals surface area contributed by atoms with Crippen LogP contribution in [0.25, 0.3) is 64.7 Å². The number of nitrogens with zero attached hydrogens (tertiary/aromatic N) is 2. The van der Waals surface area contributed by atoms with Crippen LogP contribution in [0.3, 0.4) is 0 Å². The number of benzene rings is 6. The van der Waals surface area contributed by atoms with E-state index < -0.39 is 0 Å². The zero-order valence-electron chi connectivity index (χ0n) is 22.3. The highest BCUT2D eigenvalue weighted by Gasteiger charge is 2.20. The Morgan fingerprint density at radius 1 is 0.524 bits per heavy atom. The zero-order chi connectivity index (χ0) is 27.6. The first-order valence-corrected chi connectivity index (χ1v) is 14.7. The van der Waals surface area contributed by atoms with Crippen LogP contribution in [0, 0.1) is 0 Å². The van der Waals surface area contributed by atoms with Gasteiger partial charge in [0.05, 0.1) is 10.4 Å². The molecule has 6 aromatic carbocycles. The van der Waals surface area contributed by atoms with Crippen LogP contribution < -0.4 is 4.90 Å². The number of hydrogen-bond acceptors (Lipinski definition) is 5. The summed E-state index contributed by atoms with van der Waals surface area (Å²) in [4.78, 5) is 7.09. The number of aromatic nitrogens is 1. The summed E-state index contributed by atoms with van der Waals surface area (Å²) >= 11 is 1.84. The minimum atomic E-state index is 0.606. The molecule has 0 bridgehead atoms. The van der Waals surface area contributed by atoms with Crippen molar-refractivity contribution in [1.82, 2.24) is 4.98 Å². The van der Waals surface area contributed by atoms with Crippen molar-refractivity contribution >= 4 is 81.6 Å². The minimum Gasteiger partial charge on any atom is -0.456 e. The summed E-state index contributed by atoms with van der Waals surface area (Å²) in [5, 5.41) is 4.59. The summed E-state index contributed by atoms with van der Waals surface area (Å²) in [5.41, 5.74) is 7.40. The molecule has 0 N–H and O–H groups in total. The first-order valence-electron chi connectivity index (χ1n) is 13.9. The quantitative estimate of drug-likeness (QED) is 0.215. The molecular formula is C37H22N2O2S. The van der Waals surface area contributed by atoms with E-state index in [0.29, 0.717) is 5.89 Å². The van der Waals surface area contributed by atoms with Crippen LogP contribution in [-0.4, -0.2) is 4.98 Å². The molecule has 0 saturated heterocycles. The largest absolute Gasteiger partial charge is 0.456 e. The van der Waals surface area contributed by atoms with Gasteiger partial charge in [0.1, 0.15) is 16.7 Å². The van der Waals surface area contributed by atoms with Crippen molar-refractivity contribution in [2.75, 3.05) is 4.90 Å². The molecule has 0 amide bonds. The smallest absolute Gasteiger partial charge is 0.227 e. The topological polar surface area (TPSA) is 42.4 Å². The van der Waals surface area contributed by atoms with E-state index in [1.54, 1.807) is 0 Å². The van der Waals surface area contributed by atoms with Gasteiger partial charge >= 0.3 is 0 Å². The summed E-state index contributed by atoms with van der Waals surface area (Å²) in [6, 6.07) is 46.2. The Balaban J connectivity index is 1.26. The summed E-state index contributed by atoms with van der Waals surface area (Å²) in [5.74, 6) is 0.606. The van der Waals surface area contributed by atoms with E-state index >= 15 is 0 Å². The molecule has 9 rings (SSSR count). The average molecular weight is 559 g/mol. The number of fused-ring (bicyclic) bond motifs is 7. The van der Waals surface area contributed by atoms with Gasteiger partial charge in [-0.2, -0.15) is 0 Å². The molecule has 0 saturated carbocycles. The van der Waals surface area contributed by atoms with Gasteiger partial charge in [-0.1, -0.05) is 66.7 Å². The number of anilines is 3. The van der Waals surface area contributed by atoms with Crippen molar-refractivity contribution in [3.63, 3.8) is 0 Å². The summed E-state index contributed by atoms with van der Waals surface area (Å²) in [7, 11) is 0. The molecule has 4 nitrogen and oxygen atoms in total. The highest BCUT2D eigenvalue weighted by molar-refractivity contribution is 7.26. The lowest BCUT2D eigenvalue weighted by molar-refractivity contribution is 0.620. The SMILES string of the molecule is c1ccc(-c2nc3cc4oc5ccc(N(c6ccccc6)c6cccc7c6sc6ccccc67)cc5c4cc3o2)cc1. The average Bonchev–Trinajstić information content (AvgIpc) is 3.74. The monoisotopic (exact) mass is 558 g/mol. The van der Waals surface area contributed by atoms with Crippen LogP contribution in [0.15, 0.2) is 142 Å². The third-order valence-electron chi connectivity index (χ3n) is 7.88. The first kappa shape index (κ1) is 23.3. The molecule has 0 radical (unpaired) electrons. The fourth-order valence-electron chi connectivity index (χ4n) is 5.94. The fourth-order valence-corrected chi connectivity index (χ4v) is 7.15. The number of oxazole rings is 1. The number of para-hydroxylation sites is 1. The predicted octanol–water partition coefficient (Wildman–Crippen LogP) is 11.2. The fraction of sp³-hybridized carbons (Fsp3) is 0. The number of hydrogen-bond donors (Lipinski definition) is 0. The third-order valence-corrected chi connectivity index (χ3v) is 9.09. The van der Waals surface area contributed by atoms with Crippen molar-refractivity contribution in [3.05, 3.63) is 133 Å². The van der Waals surface area contributed by atoms with Crippen LogP contribution >= 0.6 is 11.3 Å². The number of furan rings is 1. The number of rotatable bonds is 4. The van der Waals surface area contributed by atoms with E-state index in [4.69, 9.17) is 13.8 Å². The van der Waals surface area contributed by atoms with Gasteiger partial charge in [-0.15, -0.1) is 11.3 Å². The van der Waals surface area contributed by atoms with Crippen LogP contribution in [0.4, 0.5) is 17.1 Å². The zero-order valence-corrected chi connectivity index (χ0v) is 23.1. The Labute approximate surface area is 244 Å². The third kappa shape index (κ3) is 3.57. The summed E-state index contributed by atoms with van der Waals surface area (Å²) < 4.78 is 15.1. The Kier molecular flexibility index (Phi) is 5.03. The lowest BCUT2D eigenvalue weighted by Crippen LogP contribution is -2.09. The molecule has 42 heavy (non-hydrogen) atoms. The maximum Gasteiger partial charge on any atom is 0.227 e. The molecular weight excluding hydrogens is 536 g/mol. The lowest BCUT2D eigenvalue weighted by atomic mass is 10.1. The highest BCUT2D eigenvalue weighted by atomic mass is 32.1. The standard InChI is InChI=1S/C37H22N2O2S/c1-3-10-23(11-4-1)37-38-30-22-33-29(21-34(30)41-37)28-20-25(18-19-32(28)40-33)39(24-12-5-2-6-13-24)31-16-9-15-27-26-14-7-8-17-35(26)42-36(27)31/h1-22H. The molecule has 3 heterocycles. The second-order valence-electron chi connectivity index (χ2n) is 10.4. The van der Waals surface area contributed by atoms with Gasteiger partial charge in [-0.3, -0.25) is 0 Å². The molecule has 0 spiro atoms. The molecule has 0 aliphatic heterocycles. The van der Waals surface area contributed by atoms with Crippen molar-refractivity contribution < 1.29 is 8.83 Å². The van der Waals surface area contributed by atoms with E-state index in [0.717, 1.165) is 55.7 Å². The van der Waals surface area contributed by atoms with Gasteiger partial charge in [0.25, 0.3) is 0 Å². The Morgan fingerprint density at radius 3 is 2.17 bits per heavy atom.